The van der Waals surface area contributed by atoms with Crippen LogP contribution in [0.1, 0.15) is 27.6 Å². The van der Waals surface area contributed by atoms with Gasteiger partial charge in [0, 0.05) is 27.7 Å². The van der Waals surface area contributed by atoms with Crippen LogP contribution in [0, 0.1) is 6.92 Å². The summed E-state index contributed by atoms with van der Waals surface area (Å²) in [6.45, 7) is 3.82. The summed E-state index contributed by atoms with van der Waals surface area (Å²) in [4.78, 5) is 27.7. The number of hydrogen-bond acceptors (Lipinski definition) is 4. The number of aryl methyl sites for hydroxylation is 1. The maximum atomic E-state index is 12.3. The molecule has 0 aromatic carbocycles. The predicted molar refractivity (Wildman–Crippen MR) is 95.8 cm³/mol. The molecule has 0 unspecified atom stereocenters. The standard InChI is InChI=1S/C16H22ClN7O2/c1-10-13(17)14(20-22(10)4)15(25)18-8-11-7-12-9-23(16(26)21(2)3)5-6-24(12)19-11/h7H,5-6,8-9H2,1-4H3,(H,18,25). The molecule has 2 aromatic rings. The van der Waals surface area contributed by atoms with Crippen molar-refractivity contribution in [3.8, 4) is 0 Å². The minimum Gasteiger partial charge on any atom is -0.345 e. The molecule has 10 heteroatoms. The molecule has 0 saturated heterocycles. The smallest absolute Gasteiger partial charge is 0.319 e. The first kappa shape index (κ1) is 18.2. The number of rotatable bonds is 3. The SMILES string of the molecule is Cc1c(Cl)c(C(=O)NCc2cc3n(n2)CCN(C(=O)N(C)C)C3)nn1C. The maximum Gasteiger partial charge on any atom is 0.319 e. The van der Waals surface area contributed by atoms with E-state index in [0.29, 0.717) is 24.7 Å². The number of nitrogens with one attached hydrogen (secondary N) is 1. The number of carbonyl (C=O) groups excluding carboxylic acids is 2. The Kier molecular flexibility index (Phi) is 4.90. The molecule has 0 bridgehead atoms. The summed E-state index contributed by atoms with van der Waals surface area (Å²) in [6.07, 6.45) is 0. The molecule has 3 heterocycles. The summed E-state index contributed by atoms with van der Waals surface area (Å²) in [5, 5.41) is 11.8. The van der Waals surface area contributed by atoms with Gasteiger partial charge in [0.05, 0.1) is 41.7 Å². The van der Waals surface area contributed by atoms with Crippen LogP contribution in [0.2, 0.25) is 5.02 Å². The first-order valence-corrected chi connectivity index (χ1v) is 8.65. The van der Waals surface area contributed by atoms with Crippen LogP contribution in [-0.4, -0.2) is 61.9 Å². The first-order chi connectivity index (χ1) is 12.3. The van der Waals surface area contributed by atoms with Crippen LogP contribution in [0.25, 0.3) is 0 Å². The number of hydrogen-bond donors (Lipinski definition) is 1. The Labute approximate surface area is 156 Å². The normalized spacial score (nSPS) is 13.5. The molecule has 0 radical (unpaired) electrons. The number of urea groups is 1. The Hall–Kier alpha value is -2.55. The average molecular weight is 380 g/mol. The van der Waals surface area contributed by atoms with E-state index in [0.717, 1.165) is 17.1 Å². The molecule has 0 aliphatic carbocycles. The number of aromatic nitrogens is 4. The van der Waals surface area contributed by atoms with Gasteiger partial charge in [-0.3, -0.25) is 14.2 Å². The van der Waals surface area contributed by atoms with E-state index in [9.17, 15) is 9.59 Å². The van der Waals surface area contributed by atoms with E-state index < -0.39 is 0 Å². The fourth-order valence-corrected chi connectivity index (χ4v) is 3.09. The third-order valence-corrected chi connectivity index (χ3v) is 4.86. The van der Waals surface area contributed by atoms with Crippen molar-refractivity contribution in [3.05, 3.63) is 33.9 Å². The Morgan fingerprint density at radius 2 is 2.04 bits per heavy atom. The lowest BCUT2D eigenvalue weighted by atomic mass is 10.3. The van der Waals surface area contributed by atoms with Crippen LogP contribution < -0.4 is 5.32 Å². The molecule has 9 nitrogen and oxygen atoms in total. The van der Waals surface area contributed by atoms with E-state index in [2.05, 4.69) is 15.5 Å². The van der Waals surface area contributed by atoms with Crippen molar-refractivity contribution in [1.29, 1.82) is 0 Å². The number of fused-ring (bicyclic) bond motifs is 1. The molecule has 0 fully saturated rings. The van der Waals surface area contributed by atoms with Crippen molar-refractivity contribution >= 4 is 23.5 Å². The summed E-state index contributed by atoms with van der Waals surface area (Å²) < 4.78 is 3.45. The third kappa shape index (κ3) is 3.39. The van der Waals surface area contributed by atoms with Gasteiger partial charge in [0.2, 0.25) is 0 Å². The summed E-state index contributed by atoms with van der Waals surface area (Å²) in [7, 11) is 5.21. The van der Waals surface area contributed by atoms with Crippen molar-refractivity contribution in [2.75, 3.05) is 20.6 Å². The van der Waals surface area contributed by atoms with Crippen LogP contribution in [0.15, 0.2) is 6.07 Å². The zero-order valence-electron chi connectivity index (χ0n) is 15.3. The van der Waals surface area contributed by atoms with E-state index in [1.165, 1.54) is 0 Å². The van der Waals surface area contributed by atoms with E-state index >= 15 is 0 Å². The van der Waals surface area contributed by atoms with Crippen LogP contribution >= 0.6 is 11.6 Å². The molecular formula is C16H22ClN7O2. The van der Waals surface area contributed by atoms with Crippen molar-refractivity contribution in [1.82, 2.24) is 34.7 Å². The summed E-state index contributed by atoms with van der Waals surface area (Å²) in [5.41, 5.74) is 2.62. The molecule has 3 amide bonds. The van der Waals surface area contributed by atoms with Crippen molar-refractivity contribution in [2.24, 2.45) is 7.05 Å². The van der Waals surface area contributed by atoms with Crippen LogP contribution in [0.3, 0.4) is 0 Å². The summed E-state index contributed by atoms with van der Waals surface area (Å²) in [5.74, 6) is -0.339. The highest BCUT2D eigenvalue weighted by molar-refractivity contribution is 6.34. The van der Waals surface area contributed by atoms with Gasteiger partial charge in [-0.2, -0.15) is 10.2 Å². The quantitative estimate of drug-likeness (QED) is 0.861. The predicted octanol–water partition coefficient (Wildman–Crippen LogP) is 1.01. The molecule has 1 N–H and O–H groups in total. The van der Waals surface area contributed by atoms with E-state index in [1.54, 1.807) is 42.5 Å². The molecular weight excluding hydrogens is 358 g/mol. The number of nitrogens with zero attached hydrogens (tertiary/aromatic N) is 6. The van der Waals surface area contributed by atoms with Gasteiger partial charge in [-0.25, -0.2) is 4.79 Å². The molecule has 0 saturated carbocycles. The highest BCUT2D eigenvalue weighted by Gasteiger charge is 2.24. The van der Waals surface area contributed by atoms with Gasteiger partial charge in [-0.15, -0.1) is 0 Å². The molecule has 0 spiro atoms. The second-order valence-electron chi connectivity index (χ2n) is 6.50. The Morgan fingerprint density at radius 3 is 2.65 bits per heavy atom. The fraction of sp³-hybridized carbons (Fsp3) is 0.500. The van der Waals surface area contributed by atoms with Crippen LogP contribution in [-0.2, 0) is 26.7 Å². The van der Waals surface area contributed by atoms with Crippen LogP contribution in [0.5, 0.6) is 0 Å². The lowest BCUT2D eigenvalue weighted by Crippen LogP contribution is -2.43. The second kappa shape index (κ2) is 6.99. The van der Waals surface area contributed by atoms with Gasteiger partial charge in [0.25, 0.3) is 5.91 Å². The van der Waals surface area contributed by atoms with Crippen LogP contribution in [0.4, 0.5) is 4.79 Å². The number of halogens is 1. The molecule has 26 heavy (non-hydrogen) atoms. The maximum absolute atomic E-state index is 12.3. The van der Waals surface area contributed by atoms with Gasteiger partial charge < -0.3 is 15.1 Å². The first-order valence-electron chi connectivity index (χ1n) is 8.27. The van der Waals surface area contributed by atoms with Gasteiger partial charge in [-0.1, -0.05) is 11.6 Å². The van der Waals surface area contributed by atoms with Crippen molar-refractivity contribution < 1.29 is 9.59 Å². The largest absolute Gasteiger partial charge is 0.345 e. The highest BCUT2D eigenvalue weighted by Crippen LogP contribution is 2.19. The summed E-state index contributed by atoms with van der Waals surface area (Å²) >= 11 is 6.14. The van der Waals surface area contributed by atoms with Gasteiger partial charge in [0.1, 0.15) is 0 Å². The summed E-state index contributed by atoms with van der Waals surface area (Å²) in [6, 6.07) is 1.88. The Balaban J connectivity index is 1.65. The monoisotopic (exact) mass is 379 g/mol. The minimum atomic E-state index is -0.339. The molecule has 140 valence electrons. The lowest BCUT2D eigenvalue weighted by Gasteiger charge is -2.29. The molecule has 3 rings (SSSR count). The Bertz CT molecular complexity index is 855. The minimum absolute atomic E-state index is 0.0209. The average Bonchev–Trinajstić information content (AvgIpc) is 3.14. The van der Waals surface area contributed by atoms with E-state index in [4.69, 9.17) is 11.6 Å². The topological polar surface area (TPSA) is 88.3 Å². The van der Waals surface area contributed by atoms with Crippen molar-refractivity contribution in [2.45, 2.75) is 26.6 Å². The lowest BCUT2D eigenvalue weighted by molar-refractivity contribution is 0.0944. The molecule has 1 aliphatic heterocycles. The number of amides is 3. The van der Waals surface area contributed by atoms with Crippen molar-refractivity contribution in [3.63, 3.8) is 0 Å². The van der Waals surface area contributed by atoms with Gasteiger partial charge in [0.15, 0.2) is 5.69 Å². The van der Waals surface area contributed by atoms with Gasteiger partial charge >= 0.3 is 6.03 Å². The Morgan fingerprint density at radius 1 is 1.31 bits per heavy atom. The second-order valence-corrected chi connectivity index (χ2v) is 6.88. The molecule has 1 aliphatic rings. The van der Waals surface area contributed by atoms with Gasteiger partial charge in [-0.05, 0) is 13.0 Å². The third-order valence-electron chi connectivity index (χ3n) is 4.41. The molecule has 0 atom stereocenters. The zero-order valence-corrected chi connectivity index (χ0v) is 16.0. The highest BCUT2D eigenvalue weighted by atomic mass is 35.5. The van der Waals surface area contributed by atoms with E-state index in [-0.39, 0.29) is 24.2 Å². The number of carbonyl (C=O) groups is 2. The fourth-order valence-electron chi connectivity index (χ4n) is 2.84. The molecule has 2 aromatic heterocycles. The zero-order chi connectivity index (χ0) is 19.0. The van der Waals surface area contributed by atoms with E-state index in [1.807, 2.05) is 10.7 Å².